The SMILES string of the molecule is CC(C(=O)Nc1cnc(C(F)(F)F)nc1)C1C2CC(OC3=CC=NC4CC=C(F)C=C34)CC21. The molecule has 6 nitrogen and oxygen atoms in total. The largest absolute Gasteiger partial charge is 0.490 e. The first-order valence-electron chi connectivity index (χ1n) is 10.9. The van der Waals surface area contributed by atoms with Gasteiger partial charge in [0, 0.05) is 17.7 Å². The second-order valence-corrected chi connectivity index (χ2v) is 8.96. The van der Waals surface area contributed by atoms with Gasteiger partial charge in [0.1, 0.15) is 11.6 Å². The third kappa shape index (κ3) is 4.30. The van der Waals surface area contributed by atoms with E-state index >= 15 is 0 Å². The molecule has 0 aromatic carbocycles. The predicted octanol–water partition coefficient (Wildman–Crippen LogP) is 4.63. The zero-order chi connectivity index (χ0) is 23.3. The van der Waals surface area contributed by atoms with Gasteiger partial charge in [-0.25, -0.2) is 14.4 Å². The molecule has 0 bridgehead atoms. The van der Waals surface area contributed by atoms with Crippen molar-refractivity contribution in [3.8, 4) is 0 Å². The molecule has 1 N–H and O–H groups in total. The van der Waals surface area contributed by atoms with Crippen molar-refractivity contribution in [3.63, 3.8) is 0 Å². The average Bonchev–Trinajstić information content (AvgIpc) is 3.27. The minimum atomic E-state index is -4.63. The summed E-state index contributed by atoms with van der Waals surface area (Å²) in [5, 5.41) is 2.61. The van der Waals surface area contributed by atoms with E-state index in [0.717, 1.165) is 30.8 Å². The van der Waals surface area contributed by atoms with Crippen LogP contribution >= 0.6 is 0 Å². The summed E-state index contributed by atoms with van der Waals surface area (Å²) in [6.45, 7) is 1.83. The number of nitrogens with one attached hydrogen (secondary N) is 1. The van der Waals surface area contributed by atoms with Crippen LogP contribution in [0.3, 0.4) is 0 Å². The zero-order valence-corrected chi connectivity index (χ0v) is 17.7. The van der Waals surface area contributed by atoms with Crippen molar-refractivity contribution >= 4 is 17.8 Å². The molecule has 2 heterocycles. The summed E-state index contributed by atoms with van der Waals surface area (Å²) in [4.78, 5) is 23.5. The Morgan fingerprint density at radius 1 is 1.21 bits per heavy atom. The van der Waals surface area contributed by atoms with Crippen LogP contribution in [0.5, 0.6) is 0 Å². The van der Waals surface area contributed by atoms with E-state index in [1.807, 2.05) is 6.92 Å². The summed E-state index contributed by atoms with van der Waals surface area (Å²) in [5.41, 5.74) is 0.899. The molecule has 10 heteroatoms. The van der Waals surface area contributed by atoms with Crippen LogP contribution in [-0.2, 0) is 15.7 Å². The summed E-state index contributed by atoms with van der Waals surface area (Å²) in [6.07, 6.45) is 5.90. The van der Waals surface area contributed by atoms with Crippen LogP contribution in [0.25, 0.3) is 0 Å². The maximum Gasteiger partial charge on any atom is 0.451 e. The lowest BCUT2D eigenvalue weighted by Gasteiger charge is -2.27. The number of fused-ring (bicyclic) bond motifs is 2. The van der Waals surface area contributed by atoms with Gasteiger partial charge in [-0.2, -0.15) is 13.2 Å². The first-order valence-corrected chi connectivity index (χ1v) is 10.9. The fraction of sp³-hybridized carbons (Fsp3) is 0.478. The maximum absolute atomic E-state index is 13.7. The molecule has 0 saturated heterocycles. The van der Waals surface area contributed by atoms with Gasteiger partial charge in [-0.05, 0) is 55.2 Å². The molecular weight excluding hydrogens is 440 g/mol. The highest BCUT2D eigenvalue weighted by atomic mass is 19.4. The predicted molar refractivity (Wildman–Crippen MR) is 112 cm³/mol. The lowest BCUT2D eigenvalue weighted by atomic mass is 9.94. The van der Waals surface area contributed by atoms with Gasteiger partial charge in [-0.15, -0.1) is 0 Å². The summed E-state index contributed by atoms with van der Waals surface area (Å²) in [5.74, 6) is -0.521. The fourth-order valence-corrected chi connectivity index (χ4v) is 5.28. The van der Waals surface area contributed by atoms with Crippen molar-refractivity contribution in [1.29, 1.82) is 0 Å². The van der Waals surface area contributed by atoms with Crippen molar-refractivity contribution in [2.45, 2.75) is 44.5 Å². The number of hydrogen-bond acceptors (Lipinski definition) is 5. The van der Waals surface area contributed by atoms with Gasteiger partial charge in [0.05, 0.1) is 30.2 Å². The van der Waals surface area contributed by atoms with E-state index in [-0.39, 0.29) is 41.4 Å². The number of alkyl halides is 3. The van der Waals surface area contributed by atoms with Crippen LogP contribution in [0.2, 0.25) is 0 Å². The van der Waals surface area contributed by atoms with Crippen LogP contribution in [-0.4, -0.2) is 34.2 Å². The Kier molecular flexibility index (Phi) is 5.33. The smallest absolute Gasteiger partial charge is 0.451 e. The molecule has 33 heavy (non-hydrogen) atoms. The van der Waals surface area contributed by atoms with Crippen LogP contribution in [0, 0.1) is 23.7 Å². The van der Waals surface area contributed by atoms with Crippen molar-refractivity contribution in [2.75, 3.05) is 5.32 Å². The first-order chi connectivity index (χ1) is 15.7. The number of aliphatic imine (C=N–C) groups is 1. The van der Waals surface area contributed by atoms with Gasteiger partial charge in [-0.1, -0.05) is 6.92 Å². The molecule has 4 atom stereocenters. The third-order valence-corrected chi connectivity index (χ3v) is 6.89. The number of carbonyl (C=O) groups excluding carboxylic acids is 1. The summed E-state index contributed by atoms with van der Waals surface area (Å²) < 4.78 is 57.6. The molecule has 1 amide bonds. The van der Waals surface area contributed by atoms with E-state index in [9.17, 15) is 22.4 Å². The van der Waals surface area contributed by atoms with Crippen LogP contribution in [0.15, 0.2) is 52.8 Å². The van der Waals surface area contributed by atoms with Crippen molar-refractivity contribution in [3.05, 3.63) is 53.6 Å². The number of anilines is 1. The number of carbonyl (C=O) groups is 1. The second kappa shape index (κ2) is 8.07. The Bertz CT molecular complexity index is 1060. The van der Waals surface area contributed by atoms with Crippen molar-refractivity contribution in [1.82, 2.24) is 9.97 Å². The average molecular weight is 462 g/mol. The van der Waals surface area contributed by atoms with Gasteiger partial charge in [0.2, 0.25) is 11.7 Å². The molecule has 0 radical (unpaired) electrons. The number of aromatic nitrogens is 2. The molecule has 4 unspecified atom stereocenters. The Balaban J connectivity index is 1.14. The monoisotopic (exact) mass is 462 g/mol. The number of rotatable bonds is 5. The summed E-state index contributed by atoms with van der Waals surface area (Å²) in [6, 6.07) is -0.105. The molecule has 5 rings (SSSR count). The molecule has 3 aliphatic carbocycles. The lowest BCUT2D eigenvalue weighted by molar-refractivity contribution is -0.144. The number of allylic oxidation sites excluding steroid dienone is 3. The van der Waals surface area contributed by atoms with E-state index in [1.165, 1.54) is 12.2 Å². The van der Waals surface area contributed by atoms with Gasteiger partial charge in [-0.3, -0.25) is 9.79 Å². The Hall–Kier alpha value is -3.04. The number of nitrogens with zero attached hydrogens (tertiary/aromatic N) is 3. The van der Waals surface area contributed by atoms with Gasteiger partial charge >= 0.3 is 6.18 Å². The molecule has 1 aromatic rings. The van der Waals surface area contributed by atoms with Crippen LogP contribution in [0.4, 0.5) is 23.2 Å². The number of amides is 1. The molecule has 1 aliphatic heterocycles. The molecule has 2 saturated carbocycles. The normalized spacial score (nSPS) is 30.9. The fourth-order valence-electron chi connectivity index (χ4n) is 5.28. The van der Waals surface area contributed by atoms with Crippen LogP contribution < -0.4 is 5.32 Å². The first kappa shape index (κ1) is 21.8. The Labute approximate surface area is 187 Å². The van der Waals surface area contributed by atoms with Crippen molar-refractivity contribution in [2.24, 2.45) is 28.7 Å². The molecule has 2 fully saturated rings. The quantitative estimate of drug-likeness (QED) is 0.648. The molecule has 174 valence electrons. The molecule has 1 aromatic heterocycles. The van der Waals surface area contributed by atoms with E-state index in [1.54, 1.807) is 12.3 Å². The lowest BCUT2D eigenvalue weighted by Crippen LogP contribution is -2.26. The van der Waals surface area contributed by atoms with Gasteiger partial charge < -0.3 is 10.1 Å². The second-order valence-electron chi connectivity index (χ2n) is 8.96. The van der Waals surface area contributed by atoms with Crippen molar-refractivity contribution < 1.29 is 27.1 Å². The highest BCUT2D eigenvalue weighted by Gasteiger charge is 2.59. The minimum Gasteiger partial charge on any atom is -0.490 e. The van der Waals surface area contributed by atoms with Crippen LogP contribution in [0.1, 0.15) is 32.0 Å². The number of halogens is 4. The topological polar surface area (TPSA) is 76.5 Å². The summed E-state index contributed by atoms with van der Waals surface area (Å²) >= 11 is 0. The molecular formula is C23H22F4N4O2. The molecule has 4 aliphatic rings. The minimum absolute atomic E-state index is 0.00286. The Morgan fingerprint density at radius 3 is 2.58 bits per heavy atom. The van der Waals surface area contributed by atoms with E-state index in [2.05, 4.69) is 20.3 Å². The number of ether oxygens (including phenoxy) is 1. The highest BCUT2D eigenvalue weighted by Crippen LogP contribution is 2.61. The number of hydrogen-bond donors (Lipinski definition) is 1. The number of dihydropyridines is 1. The zero-order valence-electron chi connectivity index (χ0n) is 17.7. The standard InChI is InChI=1S/C23H22F4N4O2/c1-11(21(32)31-13-9-29-22(30-10-13)23(25,26)27)20-15-7-14(8-16(15)20)33-19-4-5-28-18-3-2-12(24)6-17(18)19/h2,4-6,9-11,14-16,18,20H,3,7-8H2,1H3,(H,31,32). The summed E-state index contributed by atoms with van der Waals surface area (Å²) in [7, 11) is 0. The van der Waals surface area contributed by atoms with E-state index < -0.39 is 12.0 Å². The third-order valence-electron chi connectivity index (χ3n) is 6.89. The maximum atomic E-state index is 13.7. The van der Waals surface area contributed by atoms with E-state index in [4.69, 9.17) is 4.74 Å². The molecule has 0 spiro atoms. The van der Waals surface area contributed by atoms with Gasteiger partial charge in [0.15, 0.2) is 0 Å². The van der Waals surface area contributed by atoms with E-state index in [0.29, 0.717) is 24.0 Å². The Morgan fingerprint density at radius 2 is 1.91 bits per heavy atom. The van der Waals surface area contributed by atoms with Gasteiger partial charge in [0.25, 0.3) is 0 Å². The highest BCUT2D eigenvalue weighted by molar-refractivity contribution is 5.92.